The molecule has 0 aliphatic carbocycles. The normalized spacial score (nSPS) is 14.5. The van der Waals surface area contributed by atoms with E-state index in [9.17, 15) is 9.90 Å². The van der Waals surface area contributed by atoms with Gasteiger partial charge >= 0.3 is 0 Å². The van der Waals surface area contributed by atoms with E-state index in [4.69, 9.17) is 15.9 Å². The number of aliphatic hydroxyl groups is 1. The van der Waals surface area contributed by atoms with Crippen molar-refractivity contribution in [3.63, 3.8) is 0 Å². The molecule has 0 spiro atoms. The Hall–Kier alpha value is -3.48. The highest BCUT2D eigenvalue weighted by molar-refractivity contribution is 6.45. The Morgan fingerprint density at radius 2 is 2.14 bits per heavy atom. The Morgan fingerprint density at radius 1 is 1.38 bits per heavy atom. The maximum Gasteiger partial charge on any atom is 0.272 e. The van der Waals surface area contributed by atoms with Crippen LogP contribution in [0.15, 0.2) is 30.5 Å². The van der Waals surface area contributed by atoms with Crippen molar-refractivity contribution in [2.24, 2.45) is 0 Å². The molecule has 0 unspecified atom stereocenters. The lowest BCUT2D eigenvalue weighted by Gasteiger charge is -2.27. The topological polar surface area (TPSA) is 137 Å². The third-order valence-corrected chi connectivity index (χ3v) is 4.16. The summed E-state index contributed by atoms with van der Waals surface area (Å²) in [6.45, 7) is 3.38. The van der Waals surface area contributed by atoms with Crippen molar-refractivity contribution in [1.29, 1.82) is 5.41 Å². The van der Waals surface area contributed by atoms with E-state index in [0.29, 0.717) is 48.9 Å². The molecule has 0 bridgehead atoms. The van der Waals surface area contributed by atoms with Gasteiger partial charge in [0.25, 0.3) is 5.91 Å². The van der Waals surface area contributed by atoms with Gasteiger partial charge < -0.3 is 25.8 Å². The third kappa shape index (κ3) is 5.28. The average molecular weight is 394 g/mol. The zero-order valence-corrected chi connectivity index (χ0v) is 16.0. The van der Waals surface area contributed by atoms with Crippen molar-refractivity contribution < 1.29 is 14.6 Å². The van der Waals surface area contributed by atoms with Crippen LogP contribution in [0.1, 0.15) is 18.1 Å². The highest BCUT2D eigenvalue weighted by atomic mass is 16.5. The largest absolute Gasteiger partial charge is 0.381 e. The van der Waals surface area contributed by atoms with Crippen molar-refractivity contribution in [1.82, 2.24) is 14.9 Å². The molecule has 1 saturated heterocycles. The Kier molecular flexibility index (Phi) is 6.39. The molecule has 29 heavy (non-hydrogen) atoms. The molecule has 3 rings (SSSR count). The molecular formula is C20H22N6O3. The van der Waals surface area contributed by atoms with Crippen molar-refractivity contribution >= 4 is 29.1 Å². The van der Waals surface area contributed by atoms with Crippen molar-refractivity contribution in [3.05, 3.63) is 41.6 Å². The Morgan fingerprint density at radius 3 is 2.83 bits per heavy atom. The van der Waals surface area contributed by atoms with Gasteiger partial charge in [-0.05, 0) is 31.2 Å². The number of carbonyl (C=O) groups is 1. The summed E-state index contributed by atoms with van der Waals surface area (Å²) in [4.78, 5) is 22.3. The molecule has 0 saturated carbocycles. The maximum atomic E-state index is 12.8. The maximum absolute atomic E-state index is 12.8. The standard InChI is InChI=1S/C20H22N6O3/c1-13(27)2-3-14-4-5-15(18(21)19(28)26-8-10-29-11-9-26)16(12-14)24-17-6-7-23-20(22)25-17/h4-7,12-13,21,27H,8-11H2,1H3,(H3,22,23,24,25)/t13-/m1/s1. The molecular weight excluding hydrogens is 372 g/mol. The fourth-order valence-corrected chi connectivity index (χ4v) is 2.75. The van der Waals surface area contributed by atoms with Gasteiger partial charge in [0.2, 0.25) is 5.95 Å². The Labute approximate surface area is 168 Å². The van der Waals surface area contributed by atoms with Crippen molar-refractivity contribution in [2.75, 3.05) is 37.4 Å². The number of ether oxygens (including phenoxy) is 1. The van der Waals surface area contributed by atoms with Crippen LogP contribution in [0.2, 0.25) is 0 Å². The molecule has 1 aliphatic rings. The minimum absolute atomic E-state index is 0.0982. The summed E-state index contributed by atoms with van der Waals surface area (Å²) in [5.74, 6) is 5.68. The number of hydrogen-bond donors (Lipinski definition) is 4. The summed E-state index contributed by atoms with van der Waals surface area (Å²) in [5.41, 5.74) is 6.99. The van der Waals surface area contributed by atoms with Gasteiger partial charge in [-0.25, -0.2) is 4.98 Å². The predicted molar refractivity (Wildman–Crippen MR) is 109 cm³/mol. The quantitative estimate of drug-likeness (QED) is 0.444. The summed E-state index contributed by atoms with van der Waals surface area (Å²) in [5, 5.41) is 20.9. The van der Waals surface area contributed by atoms with Crippen LogP contribution in [0.5, 0.6) is 0 Å². The van der Waals surface area contributed by atoms with Gasteiger partial charge in [0, 0.05) is 30.4 Å². The number of nitrogens with one attached hydrogen (secondary N) is 2. The van der Waals surface area contributed by atoms with Crippen LogP contribution in [0.25, 0.3) is 0 Å². The molecule has 1 atom stereocenters. The zero-order valence-electron chi connectivity index (χ0n) is 16.0. The van der Waals surface area contributed by atoms with Crippen LogP contribution >= 0.6 is 0 Å². The zero-order chi connectivity index (χ0) is 20.8. The van der Waals surface area contributed by atoms with E-state index in [-0.39, 0.29) is 17.6 Å². The van der Waals surface area contributed by atoms with Gasteiger partial charge in [-0.3, -0.25) is 10.2 Å². The van der Waals surface area contributed by atoms with E-state index < -0.39 is 6.10 Å². The molecule has 2 aromatic rings. The second-order valence-electron chi connectivity index (χ2n) is 6.41. The number of amides is 1. The van der Waals surface area contributed by atoms with Gasteiger partial charge in [0.15, 0.2) is 0 Å². The first-order chi connectivity index (χ1) is 13.9. The molecule has 1 aliphatic heterocycles. The lowest BCUT2D eigenvalue weighted by molar-refractivity contribution is -0.128. The molecule has 1 aromatic heterocycles. The fraction of sp³-hybridized carbons (Fsp3) is 0.300. The highest BCUT2D eigenvalue weighted by Crippen LogP contribution is 2.23. The molecule has 9 heteroatoms. The molecule has 9 nitrogen and oxygen atoms in total. The molecule has 1 amide bonds. The lowest BCUT2D eigenvalue weighted by Crippen LogP contribution is -2.44. The minimum atomic E-state index is -0.769. The number of rotatable bonds is 4. The predicted octanol–water partition coefficient (Wildman–Crippen LogP) is 0.761. The molecule has 1 fully saturated rings. The number of carbonyl (C=O) groups excluding carboxylic acids is 1. The van der Waals surface area contributed by atoms with Gasteiger partial charge in [0.05, 0.1) is 18.9 Å². The fourth-order valence-electron chi connectivity index (χ4n) is 2.75. The van der Waals surface area contributed by atoms with Crippen LogP contribution in [0.3, 0.4) is 0 Å². The number of nitrogens with two attached hydrogens (primary N) is 1. The summed E-state index contributed by atoms with van der Waals surface area (Å²) in [6.07, 6.45) is 0.736. The molecule has 2 heterocycles. The number of anilines is 3. The summed E-state index contributed by atoms with van der Waals surface area (Å²) in [6, 6.07) is 6.68. The first kappa shape index (κ1) is 20.3. The number of morpholine rings is 1. The number of hydrogen-bond acceptors (Lipinski definition) is 8. The Bertz CT molecular complexity index is 974. The molecule has 0 radical (unpaired) electrons. The van der Waals surface area contributed by atoms with Crippen LogP contribution in [0.4, 0.5) is 17.5 Å². The van der Waals surface area contributed by atoms with Crippen molar-refractivity contribution in [3.8, 4) is 11.8 Å². The summed E-state index contributed by atoms with van der Waals surface area (Å²) < 4.78 is 5.27. The van der Waals surface area contributed by atoms with E-state index in [1.165, 1.54) is 6.20 Å². The molecule has 5 N–H and O–H groups in total. The first-order valence-corrected chi connectivity index (χ1v) is 9.09. The first-order valence-electron chi connectivity index (χ1n) is 9.09. The second-order valence-corrected chi connectivity index (χ2v) is 6.41. The van der Waals surface area contributed by atoms with E-state index in [1.807, 2.05) is 0 Å². The van der Waals surface area contributed by atoms with Crippen LogP contribution in [0, 0.1) is 17.3 Å². The van der Waals surface area contributed by atoms with E-state index in [1.54, 1.807) is 36.1 Å². The SMILES string of the molecule is C[C@@H](O)C#Cc1ccc(C(=N)C(=O)N2CCOCC2)c(Nc2ccnc(N)n2)c1. The van der Waals surface area contributed by atoms with Gasteiger partial charge in [-0.15, -0.1) is 0 Å². The number of aromatic nitrogens is 2. The monoisotopic (exact) mass is 394 g/mol. The smallest absolute Gasteiger partial charge is 0.272 e. The minimum Gasteiger partial charge on any atom is -0.381 e. The average Bonchev–Trinajstić information content (AvgIpc) is 2.72. The van der Waals surface area contributed by atoms with E-state index in [0.717, 1.165) is 0 Å². The van der Waals surface area contributed by atoms with Crippen LogP contribution in [-0.2, 0) is 9.53 Å². The second kappa shape index (κ2) is 9.14. The van der Waals surface area contributed by atoms with Crippen molar-refractivity contribution in [2.45, 2.75) is 13.0 Å². The van der Waals surface area contributed by atoms with Gasteiger partial charge in [0.1, 0.15) is 17.6 Å². The number of nitrogens with zero attached hydrogens (tertiary/aromatic N) is 3. The molecule has 150 valence electrons. The van der Waals surface area contributed by atoms with Gasteiger partial charge in [-0.1, -0.05) is 11.8 Å². The number of benzene rings is 1. The highest BCUT2D eigenvalue weighted by Gasteiger charge is 2.24. The van der Waals surface area contributed by atoms with E-state index >= 15 is 0 Å². The number of nitrogen functional groups attached to an aromatic ring is 1. The van der Waals surface area contributed by atoms with Crippen LogP contribution in [-0.4, -0.2) is 64.0 Å². The summed E-state index contributed by atoms with van der Waals surface area (Å²) in [7, 11) is 0. The van der Waals surface area contributed by atoms with E-state index in [2.05, 4.69) is 27.1 Å². The lowest BCUT2D eigenvalue weighted by atomic mass is 10.0. The van der Waals surface area contributed by atoms with Crippen LogP contribution < -0.4 is 11.1 Å². The Balaban J connectivity index is 1.95. The van der Waals surface area contributed by atoms with Gasteiger partial charge in [-0.2, -0.15) is 4.98 Å². The molecule has 1 aromatic carbocycles. The third-order valence-electron chi connectivity index (χ3n) is 4.16. The number of aliphatic hydroxyl groups excluding tert-OH is 1. The summed E-state index contributed by atoms with van der Waals surface area (Å²) >= 11 is 0.